The van der Waals surface area contributed by atoms with E-state index in [1.54, 1.807) is 31.6 Å². The lowest BCUT2D eigenvalue weighted by molar-refractivity contribution is -0.119. The molecule has 2 amide bonds. The summed E-state index contributed by atoms with van der Waals surface area (Å²) in [5, 5.41) is 14.5. The Labute approximate surface area is 230 Å². The molecule has 4 heterocycles. The van der Waals surface area contributed by atoms with Crippen molar-refractivity contribution < 1.29 is 18.7 Å². The van der Waals surface area contributed by atoms with Crippen molar-refractivity contribution in [2.24, 2.45) is 13.0 Å². The molecule has 0 radical (unpaired) electrons. The van der Waals surface area contributed by atoms with Crippen LogP contribution in [0.1, 0.15) is 30.6 Å². The Balaban J connectivity index is 1.38. The maximum Gasteiger partial charge on any atom is 0.257 e. The van der Waals surface area contributed by atoms with Crippen molar-refractivity contribution in [1.29, 1.82) is 0 Å². The number of aryl methyl sites for hydroxylation is 1. The van der Waals surface area contributed by atoms with Gasteiger partial charge in [0.25, 0.3) is 5.91 Å². The highest BCUT2D eigenvalue weighted by Crippen LogP contribution is 2.31. The Morgan fingerprint density at radius 2 is 1.93 bits per heavy atom. The van der Waals surface area contributed by atoms with Gasteiger partial charge in [-0.05, 0) is 44.5 Å². The number of benzene rings is 2. The van der Waals surface area contributed by atoms with Crippen LogP contribution in [0.25, 0.3) is 21.8 Å². The number of hydrogen-bond donors (Lipinski definition) is 3. The number of nitrogens with zero attached hydrogens (tertiary/aromatic N) is 5. The summed E-state index contributed by atoms with van der Waals surface area (Å²) in [6, 6.07) is 7.07. The lowest BCUT2D eigenvalue weighted by atomic mass is 10.0. The number of amides is 2. The van der Waals surface area contributed by atoms with Crippen molar-refractivity contribution in [2.75, 3.05) is 41.8 Å². The van der Waals surface area contributed by atoms with E-state index >= 15 is 0 Å². The molecule has 2 aromatic heterocycles. The van der Waals surface area contributed by atoms with Gasteiger partial charge >= 0.3 is 0 Å². The largest absolute Gasteiger partial charge is 0.381 e. The van der Waals surface area contributed by atoms with Crippen LogP contribution >= 0.6 is 0 Å². The highest BCUT2D eigenvalue weighted by Gasteiger charge is 2.27. The van der Waals surface area contributed by atoms with Gasteiger partial charge in [0.1, 0.15) is 5.52 Å². The molecule has 6 rings (SSSR count). The monoisotopic (exact) mass is 546 g/mol. The topological polar surface area (TPSA) is 126 Å². The number of rotatable bonds is 5. The first-order valence-corrected chi connectivity index (χ1v) is 13.4. The number of anilines is 3. The fourth-order valence-electron chi connectivity index (χ4n) is 5.58. The second kappa shape index (κ2) is 10.4. The van der Waals surface area contributed by atoms with Crippen LogP contribution in [-0.2, 0) is 16.6 Å². The van der Waals surface area contributed by atoms with Gasteiger partial charge < -0.3 is 20.3 Å². The Morgan fingerprint density at radius 1 is 1.12 bits per heavy atom. The molecule has 208 valence electrons. The zero-order valence-electron chi connectivity index (χ0n) is 22.6. The minimum absolute atomic E-state index is 0.112. The third-order valence-corrected chi connectivity index (χ3v) is 7.34. The maximum atomic E-state index is 14.7. The summed E-state index contributed by atoms with van der Waals surface area (Å²) in [6.07, 6.45) is 3.97. The van der Waals surface area contributed by atoms with Crippen molar-refractivity contribution in [2.45, 2.75) is 32.4 Å². The zero-order valence-corrected chi connectivity index (χ0v) is 22.6. The molecular formula is C28H31FN8O3. The van der Waals surface area contributed by atoms with Gasteiger partial charge in [-0.1, -0.05) is 0 Å². The number of aromatic nitrogens is 4. The van der Waals surface area contributed by atoms with Crippen molar-refractivity contribution in [3.8, 4) is 0 Å². The van der Waals surface area contributed by atoms with Gasteiger partial charge in [0.05, 0.1) is 23.6 Å². The summed E-state index contributed by atoms with van der Waals surface area (Å²) in [4.78, 5) is 37.6. The first-order valence-electron chi connectivity index (χ1n) is 13.4. The van der Waals surface area contributed by atoms with E-state index in [2.05, 4.69) is 49.8 Å². The molecule has 40 heavy (non-hydrogen) atoms. The molecule has 11 nitrogen and oxygen atoms in total. The van der Waals surface area contributed by atoms with Gasteiger partial charge in [0.15, 0.2) is 5.82 Å². The Bertz CT molecular complexity index is 1610. The van der Waals surface area contributed by atoms with Crippen molar-refractivity contribution in [3.05, 3.63) is 48.0 Å². The molecule has 0 spiro atoms. The number of carbonyl (C=O) groups excluding carboxylic acids is 2. The van der Waals surface area contributed by atoms with E-state index in [1.807, 2.05) is 6.07 Å². The van der Waals surface area contributed by atoms with Crippen LogP contribution in [0.2, 0.25) is 0 Å². The van der Waals surface area contributed by atoms with Crippen molar-refractivity contribution in [1.82, 2.24) is 25.1 Å². The zero-order chi connectivity index (χ0) is 28.0. The number of carbonyl (C=O) groups is 2. The van der Waals surface area contributed by atoms with Crippen molar-refractivity contribution in [3.63, 3.8) is 0 Å². The molecule has 0 saturated carbocycles. The molecule has 2 aliphatic rings. The second-order valence-corrected chi connectivity index (χ2v) is 10.7. The third kappa shape index (κ3) is 5.07. The highest BCUT2D eigenvalue weighted by molar-refractivity contribution is 6.14. The minimum atomic E-state index is -0.529. The van der Waals surface area contributed by atoms with Gasteiger partial charge in [-0.3, -0.25) is 19.6 Å². The number of ether oxygens (including phenoxy) is 1. The molecule has 0 unspecified atom stereocenters. The summed E-state index contributed by atoms with van der Waals surface area (Å²) in [5.41, 5.74) is 2.11. The Morgan fingerprint density at radius 3 is 2.67 bits per heavy atom. The van der Waals surface area contributed by atoms with Crippen LogP contribution in [0.4, 0.5) is 21.7 Å². The van der Waals surface area contributed by atoms with E-state index in [0.717, 1.165) is 18.8 Å². The van der Waals surface area contributed by atoms with Crippen molar-refractivity contribution >= 4 is 50.9 Å². The first kappa shape index (κ1) is 26.1. The van der Waals surface area contributed by atoms with Crippen LogP contribution in [0.15, 0.2) is 36.7 Å². The smallest absolute Gasteiger partial charge is 0.257 e. The molecule has 4 aromatic rings. The molecule has 12 heteroatoms. The number of fused-ring (bicyclic) bond motifs is 2. The molecule has 2 aromatic carbocycles. The van der Waals surface area contributed by atoms with Crippen LogP contribution in [0.3, 0.4) is 0 Å². The second-order valence-electron chi connectivity index (χ2n) is 10.7. The van der Waals surface area contributed by atoms with Gasteiger partial charge in [-0.2, -0.15) is 5.10 Å². The summed E-state index contributed by atoms with van der Waals surface area (Å²) in [7, 11) is 1.71. The van der Waals surface area contributed by atoms with Gasteiger partial charge in [0.2, 0.25) is 11.9 Å². The van der Waals surface area contributed by atoms with E-state index in [0.29, 0.717) is 41.6 Å². The number of halogens is 1. The predicted octanol–water partition coefficient (Wildman–Crippen LogP) is 3.07. The van der Waals surface area contributed by atoms with E-state index in [-0.39, 0.29) is 40.9 Å². The summed E-state index contributed by atoms with van der Waals surface area (Å²) in [6.45, 7) is 6.69. The lowest BCUT2D eigenvalue weighted by Crippen LogP contribution is -2.54. The number of piperazine rings is 1. The fourth-order valence-corrected chi connectivity index (χ4v) is 5.58. The molecule has 0 bridgehead atoms. The molecule has 2 saturated heterocycles. The summed E-state index contributed by atoms with van der Waals surface area (Å²) in [5.74, 6) is -1.36. The average Bonchev–Trinajstić information content (AvgIpc) is 3.57. The molecule has 0 aliphatic carbocycles. The van der Waals surface area contributed by atoms with E-state index in [9.17, 15) is 14.0 Å². The van der Waals surface area contributed by atoms with E-state index in [1.165, 1.54) is 10.7 Å². The third-order valence-electron chi connectivity index (χ3n) is 7.34. The molecule has 2 aliphatic heterocycles. The molecule has 3 N–H and O–H groups in total. The average molecular weight is 547 g/mol. The first-order chi connectivity index (χ1) is 19.2. The van der Waals surface area contributed by atoms with Gasteiger partial charge in [-0.15, -0.1) is 0 Å². The highest BCUT2D eigenvalue weighted by atomic mass is 19.1. The summed E-state index contributed by atoms with van der Waals surface area (Å²) >= 11 is 0. The normalized spacial score (nSPS) is 21.2. The molecule has 2 fully saturated rings. The number of hydrogen-bond acceptors (Lipinski definition) is 8. The summed E-state index contributed by atoms with van der Waals surface area (Å²) < 4.78 is 21.5. The van der Waals surface area contributed by atoms with Crippen LogP contribution in [0, 0.1) is 11.7 Å². The molecule has 3 atom stereocenters. The SMILES string of the molecule is C[C@@H]1CN(c2ccc(C(=O)Nc3cc(F)c4nn(C)cc4c3)c3nc(NC(=O)[C@@H]4CCOC4)ncc23)C[C@@H](C)N1. The van der Waals surface area contributed by atoms with Crippen LogP contribution in [0.5, 0.6) is 0 Å². The Kier molecular flexibility index (Phi) is 6.80. The standard InChI is InChI=1S/C28H31FN8O3/c1-15-11-37(12-16(2)31-15)23-5-4-20(27(39)32-19-8-18-13-36(3)35-24(18)22(29)9-19)25-21(23)10-30-28(33-25)34-26(38)17-6-7-40-14-17/h4-5,8-10,13,15-17,31H,6-7,11-12,14H2,1-3H3,(H,32,39)(H,30,33,34,38)/t15-,16-,17-/m1/s1. The van der Waals surface area contributed by atoms with Crippen LogP contribution < -0.4 is 20.9 Å². The van der Waals surface area contributed by atoms with Gasteiger partial charge in [0, 0.05) is 73.4 Å². The predicted molar refractivity (Wildman–Crippen MR) is 150 cm³/mol. The lowest BCUT2D eigenvalue weighted by Gasteiger charge is -2.38. The van der Waals surface area contributed by atoms with E-state index in [4.69, 9.17) is 4.74 Å². The fraction of sp³-hybridized carbons (Fsp3) is 0.393. The van der Waals surface area contributed by atoms with Gasteiger partial charge in [-0.25, -0.2) is 14.4 Å². The van der Waals surface area contributed by atoms with E-state index < -0.39 is 11.7 Å². The quantitative estimate of drug-likeness (QED) is 0.349. The maximum absolute atomic E-state index is 14.7. The Hall–Kier alpha value is -4.16. The van der Waals surface area contributed by atoms with Crippen LogP contribution in [-0.4, -0.2) is 69.9 Å². The minimum Gasteiger partial charge on any atom is -0.381 e. The number of nitrogens with one attached hydrogen (secondary N) is 3. The molecular weight excluding hydrogens is 515 g/mol.